The van der Waals surface area contributed by atoms with Crippen molar-refractivity contribution in [3.63, 3.8) is 0 Å². The lowest BCUT2D eigenvalue weighted by Gasteiger charge is -2.42. The quantitative estimate of drug-likeness (QED) is 0.821. The van der Waals surface area contributed by atoms with Gasteiger partial charge < -0.3 is 14.2 Å². The molecule has 0 radical (unpaired) electrons. The highest BCUT2D eigenvalue weighted by Gasteiger charge is 2.33. The summed E-state index contributed by atoms with van der Waals surface area (Å²) in [4.78, 5) is 6.62. The maximum absolute atomic E-state index is 6.03. The summed E-state index contributed by atoms with van der Waals surface area (Å²) in [6, 6.07) is 4.00. The smallest absolute Gasteiger partial charge is 0.217 e. The van der Waals surface area contributed by atoms with Crippen LogP contribution >= 0.6 is 0 Å². The molecular formula is C15H24N2O3. The van der Waals surface area contributed by atoms with Crippen LogP contribution in [0.25, 0.3) is 0 Å². The molecule has 1 saturated heterocycles. The van der Waals surface area contributed by atoms with Crippen LogP contribution in [0.3, 0.4) is 0 Å². The lowest BCUT2D eigenvalue weighted by molar-refractivity contribution is -0.154. The van der Waals surface area contributed by atoms with Gasteiger partial charge in [-0.25, -0.2) is 4.98 Å². The Morgan fingerprint density at radius 2 is 2.25 bits per heavy atom. The van der Waals surface area contributed by atoms with E-state index in [0.717, 1.165) is 25.2 Å². The Balaban J connectivity index is 2.07. The van der Waals surface area contributed by atoms with E-state index in [-0.39, 0.29) is 11.7 Å². The van der Waals surface area contributed by atoms with Gasteiger partial charge >= 0.3 is 0 Å². The highest BCUT2D eigenvalue weighted by Crippen LogP contribution is 2.24. The number of aromatic nitrogens is 1. The minimum atomic E-state index is -0.170. The van der Waals surface area contributed by atoms with Gasteiger partial charge in [0.05, 0.1) is 25.4 Å². The van der Waals surface area contributed by atoms with Crippen LogP contribution in [0.1, 0.15) is 19.4 Å². The predicted molar refractivity (Wildman–Crippen MR) is 76.9 cm³/mol. The molecule has 0 unspecified atom stereocenters. The largest absolute Gasteiger partial charge is 0.481 e. The number of rotatable bonds is 5. The third-order valence-electron chi connectivity index (χ3n) is 3.34. The van der Waals surface area contributed by atoms with Crippen LogP contribution in [-0.4, -0.2) is 55.5 Å². The van der Waals surface area contributed by atoms with Crippen LogP contribution in [0.5, 0.6) is 5.88 Å². The van der Waals surface area contributed by atoms with E-state index in [2.05, 4.69) is 29.8 Å². The third kappa shape index (κ3) is 3.91. The van der Waals surface area contributed by atoms with Crippen LogP contribution in [0.4, 0.5) is 0 Å². The zero-order valence-corrected chi connectivity index (χ0v) is 12.8. The number of morpholine rings is 1. The van der Waals surface area contributed by atoms with Gasteiger partial charge in [0, 0.05) is 38.5 Å². The summed E-state index contributed by atoms with van der Waals surface area (Å²) >= 11 is 0. The van der Waals surface area contributed by atoms with E-state index >= 15 is 0 Å². The molecule has 1 aliphatic heterocycles. The molecule has 0 bridgehead atoms. The molecule has 0 N–H and O–H groups in total. The monoisotopic (exact) mass is 280 g/mol. The molecule has 0 amide bonds. The number of ether oxygens (including phenoxy) is 3. The summed E-state index contributed by atoms with van der Waals surface area (Å²) in [7, 11) is 3.36. The van der Waals surface area contributed by atoms with Crippen LogP contribution < -0.4 is 4.74 Å². The Morgan fingerprint density at radius 3 is 2.95 bits per heavy atom. The number of nitrogens with zero attached hydrogens (tertiary/aromatic N) is 2. The maximum Gasteiger partial charge on any atom is 0.217 e. The molecule has 2 rings (SSSR count). The minimum absolute atomic E-state index is 0.103. The van der Waals surface area contributed by atoms with Crippen molar-refractivity contribution in [2.24, 2.45) is 0 Å². The molecule has 1 aromatic rings. The number of pyridine rings is 1. The van der Waals surface area contributed by atoms with Crippen molar-refractivity contribution in [1.82, 2.24) is 9.88 Å². The summed E-state index contributed by atoms with van der Waals surface area (Å²) in [5.74, 6) is 0.695. The standard InChI is InChI=1S/C15H24N2O3/c1-15(2)11-17(9-13(20-15)10-18-3)8-12-6-5-7-16-14(12)19-4/h5-7,13H,8-11H2,1-4H3/t13-/m1/s1. The Labute approximate surface area is 120 Å². The Kier molecular flexibility index (Phi) is 4.96. The fourth-order valence-corrected chi connectivity index (χ4v) is 2.78. The second-order valence-electron chi connectivity index (χ2n) is 5.80. The van der Waals surface area contributed by atoms with Gasteiger partial charge in [0.25, 0.3) is 0 Å². The average molecular weight is 280 g/mol. The lowest BCUT2D eigenvalue weighted by Crippen LogP contribution is -2.53. The summed E-state index contributed by atoms with van der Waals surface area (Å²) in [6.07, 6.45) is 1.85. The van der Waals surface area contributed by atoms with Gasteiger partial charge in [-0.1, -0.05) is 6.07 Å². The molecule has 1 atom stereocenters. The normalized spacial score (nSPS) is 22.7. The molecule has 20 heavy (non-hydrogen) atoms. The van der Waals surface area contributed by atoms with Crippen molar-refractivity contribution in [2.75, 3.05) is 33.9 Å². The van der Waals surface area contributed by atoms with E-state index in [1.807, 2.05) is 6.07 Å². The summed E-state index contributed by atoms with van der Waals surface area (Å²) in [5, 5.41) is 0. The van der Waals surface area contributed by atoms with Gasteiger partial charge in [-0.05, 0) is 19.9 Å². The van der Waals surface area contributed by atoms with Gasteiger partial charge in [-0.15, -0.1) is 0 Å². The molecule has 2 heterocycles. The van der Waals surface area contributed by atoms with Crippen LogP contribution in [-0.2, 0) is 16.0 Å². The van der Waals surface area contributed by atoms with Gasteiger partial charge in [-0.3, -0.25) is 4.90 Å². The lowest BCUT2D eigenvalue weighted by atomic mass is 10.0. The van der Waals surface area contributed by atoms with Crippen molar-refractivity contribution < 1.29 is 14.2 Å². The first kappa shape index (κ1) is 15.2. The second-order valence-corrected chi connectivity index (χ2v) is 5.80. The Morgan fingerprint density at radius 1 is 1.45 bits per heavy atom. The highest BCUT2D eigenvalue weighted by atomic mass is 16.5. The molecule has 5 nitrogen and oxygen atoms in total. The Bertz CT molecular complexity index is 437. The molecule has 112 valence electrons. The molecule has 1 fully saturated rings. The summed E-state index contributed by atoms with van der Waals surface area (Å²) in [6.45, 7) is 7.39. The van der Waals surface area contributed by atoms with Gasteiger partial charge in [0.2, 0.25) is 5.88 Å². The molecule has 1 aromatic heterocycles. The second kappa shape index (κ2) is 6.52. The van der Waals surface area contributed by atoms with Crippen molar-refractivity contribution in [3.8, 4) is 5.88 Å². The number of hydrogen-bond donors (Lipinski definition) is 0. The zero-order valence-electron chi connectivity index (χ0n) is 12.8. The fourth-order valence-electron chi connectivity index (χ4n) is 2.78. The molecule has 0 spiro atoms. The van der Waals surface area contributed by atoms with Crippen LogP contribution in [0, 0.1) is 0 Å². The topological polar surface area (TPSA) is 43.8 Å². The van der Waals surface area contributed by atoms with E-state index < -0.39 is 0 Å². The molecule has 0 saturated carbocycles. The van der Waals surface area contributed by atoms with E-state index in [4.69, 9.17) is 14.2 Å². The molecule has 0 aliphatic carbocycles. The van der Waals surface area contributed by atoms with Crippen LogP contribution in [0.2, 0.25) is 0 Å². The van der Waals surface area contributed by atoms with E-state index in [0.29, 0.717) is 12.5 Å². The maximum atomic E-state index is 6.03. The van der Waals surface area contributed by atoms with Gasteiger partial charge in [0.1, 0.15) is 0 Å². The Hall–Kier alpha value is -1.17. The van der Waals surface area contributed by atoms with Crippen molar-refractivity contribution >= 4 is 0 Å². The number of methoxy groups -OCH3 is 2. The minimum Gasteiger partial charge on any atom is -0.481 e. The molecule has 5 heteroatoms. The molecule has 1 aliphatic rings. The van der Waals surface area contributed by atoms with E-state index in [1.54, 1.807) is 20.4 Å². The van der Waals surface area contributed by atoms with Gasteiger partial charge in [0.15, 0.2) is 0 Å². The van der Waals surface area contributed by atoms with Gasteiger partial charge in [-0.2, -0.15) is 0 Å². The van der Waals surface area contributed by atoms with E-state index in [9.17, 15) is 0 Å². The third-order valence-corrected chi connectivity index (χ3v) is 3.34. The first-order valence-electron chi connectivity index (χ1n) is 6.91. The number of hydrogen-bond acceptors (Lipinski definition) is 5. The first-order valence-corrected chi connectivity index (χ1v) is 6.91. The SMILES string of the molecule is COC[C@H]1CN(Cc2cccnc2OC)CC(C)(C)O1. The van der Waals surface area contributed by atoms with Crippen molar-refractivity contribution in [2.45, 2.75) is 32.1 Å². The molecule has 0 aromatic carbocycles. The average Bonchev–Trinajstić information content (AvgIpc) is 2.38. The molecular weight excluding hydrogens is 256 g/mol. The predicted octanol–water partition coefficient (Wildman–Crippen LogP) is 1.72. The highest BCUT2D eigenvalue weighted by molar-refractivity contribution is 5.25. The fraction of sp³-hybridized carbons (Fsp3) is 0.667. The summed E-state index contributed by atoms with van der Waals surface area (Å²) in [5.41, 5.74) is 0.931. The van der Waals surface area contributed by atoms with Crippen LogP contribution in [0.15, 0.2) is 18.3 Å². The summed E-state index contributed by atoms with van der Waals surface area (Å²) < 4.78 is 16.6. The van der Waals surface area contributed by atoms with Crippen molar-refractivity contribution in [1.29, 1.82) is 0 Å². The van der Waals surface area contributed by atoms with E-state index in [1.165, 1.54) is 0 Å². The zero-order chi connectivity index (χ0) is 14.6. The van der Waals surface area contributed by atoms with Crippen molar-refractivity contribution in [3.05, 3.63) is 23.9 Å². The first-order chi connectivity index (χ1) is 9.54.